The number of nitrogens with one attached hydrogen (secondary N) is 1. The number of nitrogens with zero attached hydrogens (tertiary/aromatic N) is 2. The third kappa shape index (κ3) is 3.99. The number of hydrogen-bond donors (Lipinski definition) is 3. The first kappa shape index (κ1) is 20.2. The Morgan fingerprint density at radius 1 is 1.24 bits per heavy atom. The average molecular weight is 418 g/mol. The lowest BCUT2D eigenvalue weighted by molar-refractivity contribution is -0.138. The summed E-state index contributed by atoms with van der Waals surface area (Å²) >= 11 is 5.95. The number of carboxylic acids is 1. The molecule has 0 bridgehead atoms. The number of fused-ring (bicyclic) bond motifs is 1. The fourth-order valence-corrected chi connectivity index (χ4v) is 2.97. The summed E-state index contributed by atoms with van der Waals surface area (Å²) in [6.45, 7) is 1.38. The largest absolute Gasteiger partial charge is 0.503 e. The highest BCUT2D eigenvalue weighted by Gasteiger charge is 2.22. The van der Waals surface area contributed by atoms with Crippen LogP contribution in [0, 0.1) is 0 Å². The number of aromatic hydroxyl groups is 1. The maximum Gasteiger partial charge on any atom is 0.325 e. The lowest BCUT2D eigenvalue weighted by Crippen LogP contribution is -2.40. The summed E-state index contributed by atoms with van der Waals surface area (Å²) in [6, 6.07) is 5.63. The van der Waals surface area contributed by atoms with Gasteiger partial charge in [-0.05, 0) is 24.6 Å². The number of carbonyl (C=O) groups excluding carboxylic acids is 1. The monoisotopic (exact) mass is 417 g/mol. The topological polar surface area (TPSA) is 130 Å². The van der Waals surface area contributed by atoms with Crippen molar-refractivity contribution in [2.45, 2.75) is 19.5 Å². The van der Waals surface area contributed by atoms with Crippen LogP contribution in [0.2, 0.25) is 5.02 Å². The second kappa shape index (κ2) is 7.80. The number of carbonyl (C=O) groups is 2. The molecule has 10 heteroatoms. The first-order valence-electron chi connectivity index (χ1n) is 8.44. The van der Waals surface area contributed by atoms with Gasteiger partial charge in [-0.15, -0.1) is 0 Å². The van der Waals surface area contributed by atoms with Crippen molar-refractivity contribution < 1.29 is 19.8 Å². The number of hydrogen-bond acceptors (Lipinski definition) is 5. The van der Waals surface area contributed by atoms with Crippen LogP contribution in [0.15, 0.2) is 52.4 Å². The average Bonchev–Trinajstić information content (AvgIpc) is 2.66. The summed E-state index contributed by atoms with van der Waals surface area (Å²) in [5.74, 6) is -3.16. The molecule has 0 radical (unpaired) electrons. The smallest absolute Gasteiger partial charge is 0.325 e. The maximum atomic E-state index is 12.8. The second-order valence-corrected chi connectivity index (χ2v) is 6.81. The summed E-state index contributed by atoms with van der Waals surface area (Å²) in [6.07, 6.45) is 3.91. The number of halogens is 1. The Bertz CT molecular complexity index is 1250. The highest BCUT2D eigenvalue weighted by Crippen LogP contribution is 2.14. The zero-order chi connectivity index (χ0) is 21.3. The number of benzene rings is 1. The fourth-order valence-electron chi connectivity index (χ4n) is 2.76. The van der Waals surface area contributed by atoms with Gasteiger partial charge in [-0.2, -0.15) is 0 Å². The highest BCUT2D eigenvalue weighted by atomic mass is 35.5. The normalized spacial score (nSPS) is 11.9. The third-order valence-electron chi connectivity index (χ3n) is 4.29. The van der Waals surface area contributed by atoms with Gasteiger partial charge in [-0.3, -0.25) is 19.2 Å². The van der Waals surface area contributed by atoms with Crippen LogP contribution in [0.4, 0.5) is 0 Å². The molecule has 1 amide bonds. The van der Waals surface area contributed by atoms with Crippen molar-refractivity contribution in [1.82, 2.24) is 14.3 Å². The second-order valence-electron chi connectivity index (χ2n) is 6.37. The minimum absolute atomic E-state index is 0.155. The first-order valence-corrected chi connectivity index (χ1v) is 8.82. The predicted molar refractivity (Wildman–Crippen MR) is 105 cm³/mol. The quantitative estimate of drug-likeness (QED) is 0.569. The molecule has 1 atom stereocenters. The van der Waals surface area contributed by atoms with E-state index in [1.165, 1.54) is 23.9 Å². The van der Waals surface area contributed by atoms with E-state index in [1.54, 1.807) is 24.3 Å². The van der Waals surface area contributed by atoms with E-state index in [1.807, 2.05) is 0 Å². The lowest BCUT2D eigenvalue weighted by Gasteiger charge is -2.12. The Morgan fingerprint density at radius 3 is 2.62 bits per heavy atom. The van der Waals surface area contributed by atoms with E-state index < -0.39 is 40.2 Å². The van der Waals surface area contributed by atoms with Gasteiger partial charge in [0, 0.05) is 23.6 Å². The Morgan fingerprint density at radius 2 is 1.97 bits per heavy atom. The van der Waals surface area contributed by atoms with Crippen LogP contribution in [0.1, 0.15) is 22.8 Å². The van der Waals surface area contributed by atoms with Crippen LogP contribution in [-0.4, -0.2) is 37.1 Å². The molecule has 3 N–H and O–H groups in total. The molecule has 1 unspecified atom stereocenters. The Kier molecular flexibility index (Phi) is 5.42. The number of aromatic nitrogens is 2. The van der Waals surface area contributed by atoms with Crippen LogP contribution in [-0.2, 0) is 11.3 Å². The standard InChI is InChI=1S/C19H16ClN3O6/c1-10(19(28)29)21-17(26)13-9-22-5-6-23(8-11-3-2-4-12(20)7-11)18(27)14(22)16(25)15(13)24/h2-7,9-10,25H,8H2,1H3,(H,21,26)(H,28,29). The summed E-state index contributed by atoms with van der Waals surface area (Å²) in [4.78, 5) is 48.3. The van der Waals surface area contributed by atoms with Gasteiger partial charge in [0.1, 0.15) is 11.6 Å². The van der Waals surface area contributed by atoms with Gasteiger partial charge in [0.15, 0.2) is 11.3 Å². The van der Waals surface area contributed by atoms with E-state index in [4.69, 9.17) is 16.7 Å². The van der Waals surface area contributed by atoms with Crippen LogP contribution >= 0.6 is 11.6 Å². The van der Waals surface area contributed by atoms with Gasteiger partial charge in [0.2, 0.25) is 5.43 Å². The summed E-state index contributed by atoms with van der Waals surface area (Å²) in [5, 5.41) is 21.8. The first-order chi connectivity index (χ1) is 13.7. The number of amides is 1. The molecule has 2 heterocycles. The van der Waals surface area contributed by atoms with Crippen molar-refractivity contribution in [3.05, 3.63) is 79.6 Å². The molecular formula is C19H16ClN3O6. The van der Waals surface area contributed by atoms with Crippen molar-refractivity contribution >= 4 is 29.0 Å². The molecular weight excluding hydrogens is 402 g/mol. The molecule has 29 heavy (non-hydrogen) atoms. The van der Waals surface area contributed by atoms with Crippen molar-refractivity contribution in [2.75, 3.05) is 0 Å². The van der Waals surface area contributed by atoms with E-state index in [0.717, 1.165) is 16.2 Å². The molecule has 1 aromatic carbocycles. The van der Waals surface area contributed by atoms with E-state index in [-0.39, 0.29) is 12.1 Å². The molecule has 0 spiro atoms. The van der Waals surface area contributed by atoms with Gasteiger partial charge in [-0.1, -0.05) is 23.7 Å². The number of carboxylic acid groups (broad SMARTS) is 1. The SMILES string of the molecule is CC(NC(=O)c1cn2ccn(Cc3cccc(Cl)c3)c(=O)c2c(O)c1=O)C(=O)O. The highest BCUT2D eigenvalue weighted by molar-refractivity contribution is 6.30. The number of rotatable bonds is 5. The Labute approximate surface area is 168 Å². The summed E-state index contributed by atoms with van der Waals surface area (Å²) in [5.41, 5.74) is -1.77. The maximum absolute atomic E-state index is 12.8. The van der Waals surface area contributed by atoms with Gasteiger partial charge >= 0.3 is 5.97 Å². The molecule has 0 saturated carbocycles. The van der Waals surface area contributed by atoms with E-state index in [2.05, 4.69) is 5.32 Å². The lowest BCUT2D eigenvalue weighted by atomic mass is 10.2. The van der Waals surface area contributed by atoms with Gasteiger partial charge < -0.3 is 24.5 Å². The van der Waals surface area contributed by atoms with Crippen LogP contribution in [0.25, 0.3) is 5.52 Å². The molecule has 9 nitrogen and oxygen atoms in total. The van der Waals surface area contributed by atoms with Crippen molar-refractivity contribution in [2.24, 2.45) is 0 Å². The van der Waals surface area contributed by atoms with Gasteiger partial charge in [0.25, 0.3) is 11.5 Å². The van der Waals surface area contributed by atoms with Gasteiger partial charge in [0.05, 0.1) is 6.54 Å². The van der Waals surface area contributed by atoms with Crippen molar-refractivity contribution in [3.8, 4) is 5.75 Å². The molecule has 0 saturated heterocycles. The van der Waals surface area contributed by atoms with Crippen LogP contribution in [0.3, 0.4) is 0 Å². The molecule has 0 aliphatic rings. The summed E-state index contributed by atoms with van der Waals surface area (Å²) < 4.78 is 2.43. The zero-order valence-electron chi connectivity index (χ0n) is 15.1. The van der Waals surface area contributed by atoms with E-state index >= 15 is 0 Å². The molecule has 150 valence electrons. The van der Waals surface area contributed by atoms with Gasteiger partial charge in [-0.25, -0.2) is 0 Å². The zero-order valence-corrected chi connectivity index (χ0v) is 15.9. The number of aliphatic carboxylic acids is 1. The third-order valence-corrected chi connectivity index (χ3v) is 4.52. The van der Waals surface area contributed by atoms with Crippen LogP contribution in [0.5, 0.6) is 5.75 Å². The summed E-state index contributed by atoms with van der Waals surface area (Å²) in [7, 11) is 0. The number of pyridine rings is 1. The molecule has 0 aliphatic carbocycles. The van der Waals surface area contributed by atoms with E-state index in [0.29, 0.717) is 5.02 Å². The van der Waals surface area contributed by atoms with Crippen LogP contribution < -0.4 is 16.3 Å². The molecule has 0 fully saturated rings. The Balaban J connectivity index is 2.06. The minimum Gasteiger partial charge on any atom is -0.503 e. The molecule has 0 aliphatic heterocycles. The predicted octanol–water partition coefficient (Wildman–Crippen LogP) is 1.07. The Hall–Kier alpha value is -3.59. The minimum atomic E-state index is -1.28. The van der Waals surface area contributed by atoms with E-state index in [9.17, 15) is 24.3 Å². The van der Waals surface area contributed by atoms with Crippen molar-refractivity contribution in [1.29, 1.82) is 0 Å². The fraction of sp³-hybridized carbons (Fsp3) is 0.158. The molecule has 2 aromatic heterocycles. The van der Waals surface area contributed by atoms with Crippen molar-refractivity contribution in [3.63, 3.8) is 0 Å². The molecule has 3 aromatic rings. The molecule has 3 rings (SSSR count).